The third-order valence-corrected chi connectivity index (χ3v) is 6.27. The Kier molecular flexibility index (Phi) is 4.94. The summed E-state index contributed by atoms with van der Waals surface area (Å²) in [4.78, 5) is 22.0. The van der Waals surface area contributed by atoms with Gasteiger partial charge in [0.25, 0.3) is 5.91 Å². The van der Waals surface area contributed by atoms with Gasteiger partial charge in [-0.1, -0.05) is 28.1 Å². The largest absolute Gasteiger partial charge is 0.433 e. The number of nitrogens with zero attached hydrogens (tertiary/aromatic N) is 4. The van der Waals surface area contributed by atoms with Gasteiger partial charge in [-0.15, -0.1) is 11.3 Å². The number of pyridine rings is 1. The standard InChI is InChI=1S/C21H11BrF3N5OS/c22-12-5-6-13(19-11(12)3-1-7-26-19)28-20(31)15-10-18-27-14(16-4-2-8-32-16)9-17(21(23,24)25)30(18)29-15/h1-10H,(H,28,31). The van der Waals surface area contributed by atoms with Crippen molar-refractivity contribution in [1.29, 1.82) is 0 Å². The van der Waals surface area contributed by atoms with Crippen LogP contribution in [0.4, 0.5) is 18.9 Å². The summed E-state index contributed by atoms with van der Waals surface area (Å²) in [6.07, 6.45) is -3.10. The van der Waals surface area contributed by atoms with E-state index in [2.05, 4.69) is 36.3 Å². The van der Waals surface area contributed by atoms with Gasteiger partial charge in [-0.05, 0) is 35.7 Å². The van der Waals surface area contributed by atoms with Crippen LogP contribution >= 0.6 is 27.3 Å². The predicted molar refractivity (Wildman–Crippen MR) is 119 cm³/mol. The second-order valence-corrected chi connectivity index (χ2v) is 8.55. The van der Waals surface area contributed by atoms with E-state index in [1.807, 2.05) is 6.07 Å². The van der Waals surface area contributed by atoms with Crippen LogP contribution in [0.1, 0.15) is 16.2 Å². The van der Waals surface area contributed by atoms with Crippen LogP contribution in [0.2, 0.25) is 0 Å². The molecular weight excluding hydrogens is 507 g/mol. The molecule has 0 saturated heterocycles. The van der Waals surface area contributed by atoms with Crippen molar-refractivity contribution in [2.75, 3.05) is 5.32 Å². The molecule has 5 aromatic rings. The Morgan fingerprint density at radius 3 is 2.72 bits per heavy atom. The maximum atomic E-state index is 13.7. The lowest BCUT2D eigenvalue weighted by Crippen LogP contribution is -2.16. The van der Waals surface area contributed by atoms with E-state index in [1.54, 1.807) is 41.9 Å². The van der Waals surface area contributed by atoms with Crippen molar-refractivity contribution >= 4 is 55.4 Å². The third kappa shape index (κ3) is 3.63. The number of amides is 1. The van der Waals surface area contributed by atoms with E-state index in [4.69, 9.17) is 0 Å². The van der Waals surface area contributed by atoms with Crippen LogP contribution in [-0.2, 0) is 6.18 Å². The average Bonchev–Trinajstić information content (AvgIpc) is 3.44. The predicted octanol–water partition coefficient (Wildman–Crippen LogP) is 6.04. The minimum Gasteiger partial charge on any atom is -0.319 e. The van der Waals surface area contributed by atoms with E-state index < -0.39 is 17.8 Å². The molecule has 0 fully saturated rings. The van der Waals surface area contributed by atoms with Gasteiger partial charge in [-0.2, -0.15) is 18.3 Å². The summed E-state index contributed by atoms with van der Waals surface area (Å²) in [6, 6.07) is 12.6. The van der Waals surface area contributed by atoms with Crippen LogP contribution in [0.3, 0.4) is 0 Å². The Labute approximate surface area is 190 Å². The molecule has 0 atom stereocenters. The molecule has 160 valence electrons. The quantitative estimate of drug-likeness (QED) is 0.316. The summed E-state index contributed by atoms with van der Waals surface area (Å²) < 4.78 is 42.6. The SMILES string of the molecule is O=C(Nc1ccc(Br)c2cccnc12)c1cc2nc(-c3cccs3)cc(C(F)(F)F)n2n1. The smallest absolute Gasteiger partial charge is 0.319 e. The van der Waals surface area contributed by atoms with Crippen molar-refractivity contribution in [2.24, 2.45) is 0 Å². The minimum absolute atomic E-state index is 0.0767. The Morgan fingerprint density at radius 1 is 1.12 bits per heavy atom. The molecule has 32 heavy (non-hydrogen) atoms. The van der Waals surface area contributed by atoms with E-state index in [1.165, 1.54) is 17.4 Å². The molecule has 1 N–H and O–H groups in total. The number of hydrogen-bond acceptors (Lipinski definition) is 5. The zero-order valence-corrected chi connectivity index (χ0v) is 18.3. The van der Waals surface area contributed by atoms with E-state index in [9.17, 15) is 18.0 Å². The van der Waals surface area contributed by atoms with Gasteiger partial charge in [0.2, 0.25) is 0 Å². The molecular formula is C21H11BrF3N5OS. The molecule has 0 spiro atoms. The molecule has 0 unspecified atom stereocenters. The highest BCUT2D eigenvalue weighted by molar-refractivity contribution is 9.10. The van der Waals surface area contributed by atoms with Crippen molar-refractivity contribution in [3.8, 4) is 10.6 Å². The van der Waals surface area contributed by atoms with Crippen molar-refractivity contribution in [1.82, 2.24) is 19.6 Å². The van der Waals surface area contributed by atoms with Gasteiger partial charge < -0.3 is 5.32 Å². The Hall–Kier alpha value is -3.31. The number of nitrogens with one attached hydrogen (secondary N) is 1. The first-order valence-corrected chi connectivity index (χ1v) is 10.8. The molecule has 0 bridgehead atoms. The molecule has 6 nitrogen and oxygen atoms in total. The number of halogens is 4. The monoisotopic (exact) mass is 517 g/mol. The van der Waals surface area contributed by atoms with Gasteiger partial charge in [0.15, 0.2) is 17.0 Å². The molecule has 11 heteroatoms. The Morgan fingerprint density at radius 2 is 1.97 bits per heavy atom. The molecule has 4 aromatic heterocycles. The fourth-order valence-corrected chi connectivity index (χ4v) is 4.40. The number of hydrogen-bond donors (Lipinski definition) is 1. The number of anilines is 1. The van der Waals surface area contributed by atoms with E-state index >= 15 is 0 Å². The highest BCUT2D eigenvalue weighted by atomic mass is 79.9. The molecule has 0 radical (unpaired) electrons. The fourth-order valence-electron chi connectivity index (χ4n) is 3.26. The van der Waals surface area contributed by atoms with Crippen molar-refractivity contribution < 1.29 is 18.0 Å². The number of carbonyl (C=O) groups excluding carboxylic acids is 1. The van der Waals surface area contributed by atoms with Crippen LogP contribution in [0, 0.1) is 0 Å². The first-order valence-electron chi connectivity index (χ1n) is 9.18. The number of rotatable bonds is 3. The first kappa shape index (κ1) is 20.6. The van der Waals surface area contributed by atoms with E-state index in [-0.39, 0.29) is 17.0 Å². The Bertz CT molecular complexity index is 1480. The van der Waals surface area contributed by atoms with Crippen molar-refractivity contribution in [2.45, 2.75) is 6.18 Å². The van der Waals surface area contributed by atoms with Gasteiger partial charge in [0.1, 0.15) is 0 Å². The van der Waals surface area contributed by atoms with Crippen molar-refractivity contribution in [3.63, 3.8) is 0 Å². The van der Waals surface area contributed by atoms with Gasteiger partial charge in [-0.25, -0.2) is 9.50 Å². The number of carbonyl (C=O) groups is 1. The van der Waals surface area contributed by atoms with Gasteiger partial charge in [-0.3, -0.25) is 9.78 Å². The normalized spacial score (nSPS) is 11.9. The number of aromatic nitrogens is 4. The van der Waals surface area contributed by atoms with Crippen LogP contribution in [0.25, 0.3) is 27.1 Å². The van der Waals surface area contributed by atoms with Crippen LogP contribution in [-0.4, -0.2) is 25.5 Å². The molecule has 4 heterocycles. The number of thiophene rings is 1. The summed E-state index contributed by atoms with van der Waals surface area (Å²) >= 11 is 4.70. The van der Waals surface area contributed by atoms with E-state index in [0.717, 1.165) is 15.9 Å². The highest BCUT2D eigenvalue weighted by Crippen LogP contribution is 2.34. The summed E-state index contributed by atoms with van der Waals surface area (Å²) in [7, 11) is 0. The molecule has 1 amide bonds. The summed E-state index contributed by atoms with van der Waals surface area (Å²) in [5.41, 5.74) is -0.178. The van der Waals surface area contributed by atoms with Gasteiger partial charge >= 0.3 is 6.18 Å². The zero-order chi connectivity index (χ0) is 22.5. The molecule has 0 aliphatic rings. The fraction of sp³-hybridized carbons (Fsp3) is 0.0476. The maximum Gasteiger partial charge on any atom is 0.433 e. The molecule has 0 aliphatic heterocycles. The topological polar surface area (TPSA) is 72.2 Å². The van der Waals surface area contributed by atoms with Gasteiger partial charge in [0, 0.05) is 22.1 Å². The lowest BCUT2D eigenvalue weighted by molar-refractivity contribution is -0.142. The summed E-state index contributed by atoms with van der Waals surface area (Å²) in [6.45, 7) is 0. The van der Waals surface area contributed by atoms with Crippen molar-refractivity contribution in [3.05, 3.63) is 76.0 Å². The van der Waals surface area contributed by atoms with Crippen LogP contribution in [0.5, 0.6) is 0 Å². The maximum absolute atomic E-state index is 13.7. The number of fused-ring (bicyclic) bond motifs is 2. The number of benzene rings is 1. The lowest BCUT2D eigenvalue weighted by atomic mass is 10.2. The van der Waals surface area contributed by atoms with E-state index in [0.29, 0.717) is 20.6 Å². The molecule has 5 rings (SSSR count). The average molecular weight is 518 g/mol. The van der Waals surface area contributed by atoms with Crippen LogP contribution < -0.4 is 5.32 Å². The van der Waals surface area contributed by atoms with Gasteiger partial charge in [0.05, 0.1) is 21.8 Å². The highest BCUT2D eigenvalue weighted by Gasteiger charge is 2.35. The third-order valence-electron chi connectivity index (χ3n) is 4.69. The summed E-state index contributed by atoms with van der Waals surface area (Å²) in [5.74, 6) is -0.671. The molecule has 0 saturated carbocycles. The summed E-state index contributed by atoms with van der Waals surface area (Å²) in [5, 5.41) is 9.11. The molecule has 0 aliphatic carbocycles. The second kappa shape index (κ2) is 7.68. The number of alkyl halides is 3. The first-order chi connectivity index (χ1) is 15.3. The Balaban J connectivity index is 1.58. The zero-order valence-electron chi connectivity index (χ0n) is 15.9. The molecule has 1 aromatic carbocycles. The van der Waals surface area contributed by atoms with Crippen LogP contribution in [0.15, 0.2) is 64.6 Å². The minimum atomic E-state index is -4.68. The second-order valence-electron chi connectivity index (χ2n) is 6.75. The lowest BCUT2D eigenvalue weighted by Gasteiger charge is -2.10.